The molecule has 1 aliphatic heterocycles. The zero-order chi connectivity index (χ0) is 15.5. The molecule has 1 unspecified atom stereocenters. The number of amides is 1. The average Bonchev–Trinajstić information content (AvgIpc) is 3.33. The first kappa shape index (κ1) is 15.7. The predicted octanol–water partition coefficient (Wildman–Crippen LogP) is 2.00. The summed E-state index contributed by atoms with van der Waals surface area (Å²) in [5.74, 6) is -0.523. The second-order valence-electron chi connectivity index (χ2n) is 5.94. The number of halogens is 2. The SMILES string of the molecule is O=C(Cc1ccc(F)cc1Cl)NCC1CN(C2CC2)CCO1. The summed E-state index contributed by atoms with van der Waals surface area (Å²) in [5.41, 5.74) is 0.629. The summed E-state index contributed by atoms with van der Waals surface area (Å²) in [6.45, 7) is 3.09. The number of carbonyl (C=O) groups excluding carboxylic acids is 1. The summed E-state index contributed by atoms with van der Waals surface area (Å²) in [4.78, 5) is 14.4. The van der Waals surface area contributed by atoms with Crippen LogP contribution in [0.5, 0.6) is 0 Å². The highest BCUT2D eigenvalue weighted by Crippen LogP contribution is 2.28. The number of rotatable bonds is 5. The van der Waals surface area contributed by atoms with Crippen LogP contribution in [0.15, 0.2) is 18.2 Å². The number of hydrogen-bond donors (Lipinski definition) is 1. The molecule has 6 heteroatoms. The fourth-order valence-electron chi connectivity index (χ4n) is 2.77. The Labute approximate surface area is 134 Å². The van der Waals surface area contributed by atoms with Crippen LogP contribution < -0.4 is 5.32 Å². The third-order valence-corrected chi connectivity index (χ3v) is 4.48. The van der Waals surface area contributed by atoms with E-state index in [0.29, 0.717) is 12.1 Å². The van der Waals surface area contributed by atoms with E-state index in [0.717, 1.165) is 25.7 Å². The van der Waals surface area contributed by atoms with Crippen LogP contribution in [0.4, 0.5) is 4.39 Å². The lowest BCUT2D eigenvalue weighted by atomic mass is 10.1. The lowest BCUT2D eigenvalue weighted by Crippen LogP contribution is -2.48. The minimum absolute atomic E-state index is 0.0435. The molecule has 1 saturated heterocycles. The smallest absolute Gasteiger partial charge is 0.224 e. The van der Waals surface area contributed by atoms with Crippen molar-refractivity contribution in [1.29, 1.82) is 0 Å². The Morgan fingerprint density at radius 2 is 2.27 bits per heavy atom. The van der Waals surface area contributed by atoms with Gasteiger partial charge >= 0.3 is 0 Å². The molecule has 1 N–H and O–H groups in total. The van der Waals surface area contributed by atoms with Gasteiger partial charge in [0.05, 0.1) is 19.1 Å². The molecular formula is C16H20ClFN2O2. The first-order valence-corrected chi connectivity index (χ1v) is 8.06. The van der Waals surface area contributed by atoms with Gasteiger partial charge in [-0.3, -0.25) is 9.69 Å². The monoisotopic (exact) mass is 326 g/mol. The van der Waals surface area contributed by atoms with Gasteiger partial charge in [0.25, 0.3) is 0 Å². The maximum absolute atomic E-state index is 13.0. The first-order chi connectivity index (χ1) is 10.6. The maximum atomic E-state index is 13.0. The van der Waals surface area contributed by atoms with Crippen LogP contribution in [0.2, 0.25) is 5.02 Å². The van der Waals surface area contributed by atoms with Crippen molar-refractivity contribution in [2.75, 3.05) is 26.2 Å². The molecular weight excluding hydrogens is 307 g/mol. The molecule has 1 amide bonds. The summed E-state index contributed by atoms with van der Waals surface area (Å²) >= 11 is 5.93. The molecule has 0 bridgehead atoms. The van der Waals surface area contributed by atoms with Crippen molar-refractivity contribution in [1.82, 2.24) is 10.2 Å². The van der Waals surface area contributed by atoms with Crippen molar-refractivity contribution >= 4 is 17.5 Å². The van der Waals surface area contributed by atoms with Crippen molar-refractivity contribution in [2.24, 2.45) is 0 Å². The fraction of sp³-hybridized carbons (Fsp3) is 0.562. The molecule has 2 aliphatic rings. The van der Waals surface area contributed by atoms with Crippen molar-refractivity contribution in [2.45, 2.75) is 31.4 Å². The highest BCUT2D eigenvalue weighted by molar-refractivity contribution is 6.31. The van der Waals surface area contributed by atoms with Crippen molar-refractivity contribution in [3.63, 3.8) is 0 Å². The fourth-order valence-corrected chi connectivity index (χ4v) is 3.00. The summed E-state index contributed by atoms with van der Waals surface area (Å²) in [6, 6.07) is 4.80. The summed E-state index contributed by atoms with van der Waals surface area (Å²) < 4.78 is 18.7. The highest BCUT2D eigenvalue weighted by atomic mass is 35.5. The van der Waals surface area contributed by atoms with Crippen LogP contribution in [0.1, 0.15) is 18.4 Å². The highest BCUT2D eigenvalue weighted by Gasteiger charge is 2.32. The van der Waals surface area contributed by atoms with Crippen LogP contribution in [0.25, 0.3) is 0 Å². The van der Waals surface area contributed by atoms with E-state index < -0.39 is 5.82 Å². The van der Waals surface area contributed by atoms with E-state index in [1.54, 1.807) is 6.07 Å². The van der Waals surface area contributed by atoms with Gasteiger partial charge in [-0.1, -0.05) is 17.7 Å². The van der Waals surface area contributed by atoms with Gasteiger partial charge in [0.15, 0.2) is 0 Å². The lowest BCUT2D eigenvalue weighted by molar-refractivity contribution is -0.121. The number of carbonyl (C=O) groups is 1. The number of ether oxygens (including phenoxy) is 1. The average molecular weight is 327 g/mol. The minimum Gasteiger partial charge on any atom is -0.374 e. The number of nitrogens with one attached hydrogen (secondary N) is 1. The van der Waals surface area contributed by atoms with Crippen molar-refractivity contribution in [3.05, 3.63) is 34.6 Å². The molecule has 0 spiro atoms. The topological polar surface area (TPSA) is 41.6 Å². The summed E-state index contributed by atoms with van der Waals surface area (Å²) in [5, 5.41) is 3.16. The predicted molar refractivity (Wildman–Crippen MR) is 82.5 cm³/mol. The van der Waals surface area contributed by atoms with Gasteiger partial charge in [0.1, 0.15) is 5.82 Å². The van der Waals surface area contributed by atoms with Crippen molar-refractivity contribution < 1.29 is 13.9 Å². The van der Waals surface area contributed by atoms with E-state index in [9.17, 15) is 9.18 Å². The van der Waals surface area contributed by atoms with Crippen LogP contribution in [-0.4, -0.2) is 49.2 Å². The van der Waals surface area contributed by atoms with Gasteiger partial charge in [-0.25, -0.2) is 4.39 Å². The molecule has 4 nitrogen and oxygen atoms in total. The molecule has 1 aromatic carbocycles. The van der Waals surface area contributed by atoms with Crippen LogP contribution in [0.3, 0.4) is 0 Å². The third kappa shape index (κ3) is 4.18. The zero-order valence-electron chi connectivity index (χ0n) is 12.4. The number of morpholine rings is 1. The van der Waals surface area contributed by atoms with Gasteiger partial charge in [-0.15, -0.1) is 0 Å². The summed E-state index contributed by atoms with van der Waals surface area (Å²) in [6.07, 6.45) is 2.75. The zero-order valence-corrected chi connectivity index (χ0v) is 13.1. The summed E-state index contributed by atoms with van der Waals surface area (Å²) in [7, 11) is 0. The van der Waals surface area contributed by atoms with E-state index in [1.165, 1.54) is 25.0 Å². The van der Waals surface area contributed by atoms with E-state index >= 15 is 0 Å². The third-order valence-electron chi connectivity index (χ3n) is 4.13. The quantitative estimate of drug-likeness (QED) is 0.900. The molecule has 22 heavy (non-hydrogen) atoms. The van der Waals surface area contributed by atoms with Gasteiger partial charge in [0.2, 0.25) is 5.91 Å². The second-order valence-corrected chi connectivity index (χ2v) is 6.34. The van der Waals surface area contributed by atoms with Gasteiger partial charge in [-0.05, 0) is 30.5 Å². The Bertz CT molecular complexity index is 551. The molecule has 0 radical (unpaired) electrons. The van der Waals surface area contributed by atoms with E-state index in [4.69, 9.17) is 16.3 Å². The van der Waals surface area contributed by atoms with Crippen LogP contribution in [-0.2, 0) is 16.0 Å². The number of benzene rings is 1. The molecule has 1 aromatic rings. The normalized spacial score (nSPS) is 22.5. The molecule has 1 saturated carbocycles. The Morgan fingerprint density at radius 1 is 1.45 bits per heavy atom. The molecule has 1 heterocycles. The molecule has 0 aromatic heterocycles. The maximum Gasteiger partial charge on any atom is 0.224 e. The largest absolute Gasteiger partial charge is 0.374 e. The van der Waals surface area contributed by atoms with Crippen molar-refractivity contribution in [3.8, 4) is 0 Å². The lowest BCUT2D eigenvalue weighted by Gasteiger charge is -2.33. The minimum atomic E-state index is -0.398. The van der Waals surface area contributed by atoms with E-state index in [2.05, 4.69) is 10.2 Å². The molecule has 3 rings (SSSR count). The van der Waals surface area contributed by atoms with E-state index in [-0.39, 0.29) is 23.5 Å². The van der Waals surface area contributed by atoms with Gasteiger partial charge in [0, 0.05) is 30.7 Å². The van der Waals surface area contributed by atoms with Crippen LogP contribution >= 0.6 is 11.6 Å². The Kier molecular flexibility index (Phi) is 4.96. The molecule has 120 valence electrons. The first-order valence-electron chi connectivity index (χ1n) is 7.68. The molecule has 1 aliphatic carbocycles. The van der Waals surface area contributed by atoms with Gasteiger partial charge in [-0.2, -0.15) is 0 Å². The molecule has 1 atom stereocenters. The second kappa shape index (κ2) is 6.94. The standard InChI is InChI=1S/C16H20ClFN2O2/c17-15-8-12(18)2-1-11(15)7-16(21)19-9-14-10-20(5-6-22-14)13-3-4-13/h1-2,8,13-14H,3-7,9-10H2,(H,19,21). The molecule has 2 fully saturated rings. The number of nitrogens with zero attached hydrogens (tertiary/aromatic N) is 1. The van der Waals surface area contributed by atoms with Crippen LogP contribution in [0, 0.1) is 5.82 Å². The van der Waals surface area contributed by atoms with E-state index in [1.807, 2.05) is 0 Å². The Balaban J connectivity index is 1.45. The Hall–Kier alpha value is -1.17. The number of hydrogen-bond acceptors (Lipinski definition) is 3. The Morgan fingerprint density at radius 3 is 3.00 bits per heavy atom. The van der Waals surface area contributed by atoms with Gasteiger partial charge < -0.3 is 10.1 Å².